The third-order valence-electron chi connectivity index (χ3n) is 4.49. The number of nitrogens with zero attached hydrogens (tertiary/aromatic N) is 1. The van der Waals surface area contributed by atoms with E-state index in [1.807, 2.05) is 44.2 Å². The molecule has 0 aliphatic rings. The van der Waals surface area contributed by atoms with Gasteiger partial charge in [-0.1, -0.05) is 44.2 Å². The van der Waals surface area contributed by atoms with Gasteiger partial charge in [0.1, 0.15) is 11.8 Å². The summed E-state index contributed by atoms with van der Waals surface area (Å²) in [5.41, 5.74) is 1.15. The average molecular weight is 452 g/mol. The van der Waals surface area contributed by atoms with Gasteiger partial charge in [-0.15, -0.1) is 0 Å². The maximum Gasteiger partial charge on any atom is 0.322 e. The molecule has 2 aromatic carbocycles. The molecule has 0 fully saturated rings. The van der Waals surface area contributed by atoms with Gasteiger partial charge in [0.2, 0.25) is 10.0 Å². The Labute approximate surface area is 183 Å². The molecule has 0 amide bonds. The number of hydrogen-bond donors (Lipinski definition) is 1. The number of carboxylic acids is 1. The van der Waals surface area contributed by atoms with Crippen LogP contribution in [0.2, 0.25) is 0 Å². The first-order chi connectivity index (χ1) is 14.3. The van der Waals surface area contributed by atoms with E-state index < -0.39 is 22.0 Å². The second-order valence-electron chi connectivity index (χ2n) is 7.32. The Morgan fingerprint density at radius 2 is 1.73 bits per heavy atom. The minimum atomic E-state index is -3.97. The number of carboxylic acid groups (broad SMARTS) is 1. The second-order valence-corrected chi connectivity index (χ2v) is 10.3. The molecule has 30 heavy (non-hydrogen) atoms. The molecule has 8 heteroatoms. The molecule has 0 saturated heterocycles. The summed E-state index contributed by atoms with van der Waals surface area (Å²) < 4.78 is 32.8. The number of thioether (sulfide) groups is 1. The summed E-state index contributed by atoms with van der Waals surface area (Å²) in [7, 11) is -2.46. The monoisotopic (exact) mass is 451 g/mol. The van der Waals surface area contributed by atoms with Crippen molar-refractivity contribution in [3.05, 3.63) is 60.2 Å². The van der Waals surface area contributed by atoms with Crippen LogP contribution >= 0.6 is 11.8 Å². The smallest absolute Gasteiger partial charge is 0.322 e. The maximum absolute atomic E-state index is 13.3. The van der Waals surface area contributed by atoms with Crippen LogP contribution < -0.4 is 4.74 Å². The molecule has 0 unspecified atom stereocenters. The summed E-state index contributed by atoms with van der Waals surface area (Å²) >= 11 is 1.60. The SMILES string of the molecule is COc1ccc(S(=O)(=O)N(CC(C)C)[C@H](CCSCc2ccccc2)C(=O)O)cc1. The van der Waals surface area contributed by atoms with Gasteiger partial charge in [-0.25, -0.2) is 8.42 Å². The average Bonchev–Trinajstić information content (AvgIpc) is 2.72. The highest BCUT2D eigenvalue weighted by molar-refractivity contribution is 7.98. The van der Waals surface area contributed by atoms with E-state index in [1.54, 1.807) is 23.9 Å². The Bertz CT molecular complexity index is 899. The van der Waals surface area contributed by atoms with Gasteiger partial charge in [-0.2, -0.15) is 16.1 Å². The highest BCUT2D eigenvalue weighted by atomic mass is 32.2. The van der Waals surface area contributed by atoms with Crippen molar-refractivity contribution in [3.63, 3.8) is 0 Å². The van der Waals surface area contributed by atoms with E-state index in [4.69, 9.17) is 4.74 Å². The molecule has 0 aliphatic heterocycles. The molecule has 0 radical (unpaired) electrons. The van der Waals surface area contributed by atoms with Gasteiger partial charge in [-0.3, -0.25) is 4.79 Å². The molecule has 2 aromatic rings. The zero-order valence-electron chi connectivity index (χ0n) is 17.5. The van der Waals surface area contributed by atoms with Gasteiger partial charge in [0, 0.05) is 12.3 Å². The number of ether oxygens (including phenoxy) is 1. The zero-order chi connectivity index (χ0) is 22.1. The summed E-state index contributed by atoms with van der Waals surface area (Å²) in [6.45, 7) is 3.88. The quantitative estimate of drug-likeness (QED) is 0.489. The normalized spacial score (nSPS) is 12.8. The Morgan fingerprint density at radius 3 is 2.27 bits per heavy atom. The molecule has 164 valence electrons. The number of rotatable bonds is 12. The first kappa shape index (κ1) is 24.2. The molecular weight excluding hydrogens is 422 g/mol. The van der Waals surface area contributed by atoms with E-state index in [1.165, 1.54) is 19.2 Å². The van der Waals surface area contributed by atoms with Gasteiger partial charge >= 0.3 is 5.97 Å². The minimum Gasteiger partial charge on any atom is -0.497 e. The Morgan fingerprint density at radius 1 is 1.10 bits per heavy atom. The number of hydrogen-bond acceptors (Lipinski definition) is 5. The van der Waals surface area contributed by atoms with Crippen molar-refractivity contribution in [1.82, 2.24) is 4.31 Å². The lowest BCUT2D eigenvalue weighted by Crippen LogP contribution is -2.47. The van der Waals surface area contributed by atoms with E-state index in [9.17, 15) is 18.3 Å². The van der Waals surface area contributed by atoms with Crippen molar-refractivity contribution in [2.45, 2.75) is 37.0 Å². The van der Waals surface area contributed by atoms with Crippen molar-refractivity contribution in [1.29, 1.82) is 0 Å². The lowest BCUT2D eigenvalue weighted by molar-refractivity contribution is -0.141. The summed E-state index contributed by atoms with van der Waals surface area (Å²) in [5, 5.41) is 9.83. The number of aliphatic carboxylic acids is 1. The summed E-state index contributed by atoms with van der Waals surface area (Å²) in [6, 6.07) is 14.8. The molecule has 0 saturated carbocycles. The molecule has 1 N–H and O–H groups in total. The molecule has 0 aliphatic carbocycles. The molecule has 6 nitrogen and oxygen atoms in total. The first-order valence-corrected chi connectivity index (χ1v) is 12.4. The van der Waals surface area contributed by atoms with Gasteiger partial charge in [0.25, 0.3) is 0 Å². The molecule has 0 spiro atoms. The highest BCUT2D eigenvalue weighted by Crippen LogP contribution is 2.25. The van der Waals surface area contributed by atoms with Crippen LogP contribution in [0.25, 0.3) is 0 Å². The fraction of sp³-hybridized carbons (Fsp3) is 0.409. The third-order valence-corrected chi connectivity index (χ3v) is 7.44. The van der Waals surface area contributed by atoms with Crippen molar-refractivity contribution in [3.8, 4) is 5.75 Å². The van der Waals surface area contributed by atoms with Gasteiger partial charge < -0.3 is 9.84 Å². The number of methoxy groups -OCH3 is 1. The first-order valence-electron chi connectivity index (χ1n) is 9.76. The van der Waals surface area contributed by atoms with Crippen LogP contribution in [0.5, 0.6) is 5.75 Å². The maximum atomic E-state index is 13.3. The molecule has 0 bridgehead atoms. The third kappa shape index (κ3) is 6.75. The lowest BCUT2D eigenvalue weighted by atomic mass is 10.2. The van der Waals surface area contributed by atoms with Crippen LogP contribution in [-0.4, -0.2) is 49.2 Å². The highest BCUT2D eigenvalue weighted by Gasteiger charge is 2.36. The van der Waals surface area contributed by atoms with E-state index in [-0.39, 0.29) is 23.8 Å². The summed E-state index contributed by atoms with van der Waals surface area (Å²) in [6.07, 6.45) is 0.231. The topological polar surface area (TPSA) is 83.9 Å². The van der Waals surface area contributed by atoms with E-state index in [2.05, 4.69) is 0 Å². The van der Waals surface area contributed by atoms with Crippen molar-refractivity contribution >= 4 is 27.8 Å². The molecule has 0 heterocycles. The van der Waals surface area contributed by atoms with Crippen molar-refractivity contribution in [2.24, 2.45) is 5.92 Å². The molecule has 1 atom stereocenters. The van der Waals surface area contributed by atoms with Crippen molar-refractivity contribution < 1.29 is 23.1 Å². The van der Waals surface area contributed by atoms with Crippen LogP contribution in [0, 0.1) is 5.92 Å². The fourth-order valence-corrected chi connectivity index (χ4v) is 5.72. The van der Waals surface area contributed by atoms with E-state index >= 15 is 0 Å². The van der Waals surface area contributed by atoms with Gasteiger partial charge in [0.15, 0.2) is 0 Å². The lowest BCUT2D eigenvalue weighted by Gasteiger charge is -2.29. The zero-order valence-corrected chi connectivity index (χ0v) is 19.2. The van der Waals surface area contributed by atoms with Gasteiger partial charge in [-0.05, 0) is 47.9 Å². The summed E-state index contributed by atoms with van der Waals surface area (Å²) in [5.74, 6) is 0.683. The number of carbonyl (C=O) groups is 1. The van der Waals surface area contributed by atoms with Crippen molar-refractivity contribution in [2.75, 3.05) is 19.4 Å². The van der Waals surface area contributed by atoms with Gasteiger partial charge in [0.05, 0.1) is 12.0 Å². The standard InChI is InChI=1S/C22H29NO5S2/c1-17(2)15-23(30(26,27)20-11-9-19(28-3)10-12-20)21(22(24)25)13-14-29-16-18-7-5-4-6-8-18/h4-12,17,21H,13-16H2,1-3H3,(H,24,25)/t21-/m1/s1. The Balaban J connectivity index is 2.18. The van der Waals surface area contributed by atoms with Crippen LogP contribution in [0.1, 0.15) is 25.8 Å². The molecule has 2 rings (SSSR count). The van der Waals surface area contributed by atoms with Crippen LogP contribution in [0.15, 0.2) is 59.5 Å². The fourth-order valence-electron chi connectivity index (χ4n) is 2.99. The molecular formula is C22H29NO5S2. The number of sulfonamides is 1. The van der Waals surface area contributed by atoms with Crippen LogP contribution in [0.4, 0.5) is 0 Å². The second kappa shape index (κ2) is 11.4. The Hall–Kier alpha value is -2.03. The van der Waals surface area contributed by atoms with E-state index in [0.717, 1.165) is 15.6 Å². The summed E-state index contributed by atoms with van der Waals surface area (Å²) in [4.78, 5) is 12.1. The Kier molecular flexibility index (Phi) is 9.20. The largest absolute Gasteiger partial charge is 0.497 e. The van der Waals surface area contributed by atoms with Crippen LogP contribution in [-0.2, 0) is 20.6 Å². The van der Waals surface area contributed by atoms with E-state index in [0.29, 0.717) is 11.5 Å². The predicted molar refractivity (Wildman–Crippen MR) is 120 cm³/mol. The minimum absolute atomic E-state index is 0.0168. The number of benzene rings is 2. The predicted octanol–water partition coefficient (Wildman–Crippen LogP) is 4.12. The molecule has 0 aromatic heterocycles. The van der Waals surface area contributed by atoms with Crippen LogP contribution in [0.3, 0.4) is 0 Å².